The number of benzene rings is 2. The molecule has 0 bridgehead atoms. The van der Waals surface area contributed by atoms with Crippen molar-refractivity contribution < 1.29 is 4.39 Å². The summed E-state index contributed by atoms with van der Waals surface area (Å²) in [6.07, 6.45) is 0. The molecular weight excluding hydrogens is 310 g/mol. The van der Waals surface area contributed by atoms with Crippen LogP contribution in [0.4, 0.5) is 4.39 Å². The molecule has 2 N–H and O–H groups in total. The van der Waals surface area contributed by atoms with Crippen LogP contribution in [0, 0.1) is 5.82 Å². The molecule has 2 aromatic carbocycles. The van der Waals surface area contributed by atoms with Crippen molar-refractivity contribution in [3.8, 4) is 0 Å². The van der Waals surface area contributed by atoms with Crippen molar-refractivity contribution in [2.24, 2.45) is 5.73 Å². The Morgan fingerprint density at radius 3 is 2.57 bits per heavy atom. The third-order valence-corrected chi connectivity index (χ3v) is 4.38. The Morgan fingerprint density at radius 2 is 1.90 bits per heavy atom. The molecule has 0 aliphatic carbocycles. The molecule has 1 aliphatic heterocycles. The summed E-state index contributed by atoms with van der Waals surface area (Å²) in [5, 5.41) is 1.30. The first-order valence-corrected chi connectivity index (χ1v) is 7.50. The Morgan fingerprint density at radius 1 is 1.19 bits per heavy atom. The quantitative estimate of drug-likeness (QED) is 0.919. The number of halogens is 3. The van der Waals surface area contributed by atoms with Crippen molar-refractivity contribution in [3.05, 3.63) is 69.0 Å². The number of hydrogen-bond donors (Lipinski definition) is 1. The lowest BCUT2D eigenvalue weighted by Crippen LogP contribution is -2.27. The molecule has 1 unspecified atom stereocenters. The molecule has 1 aliphatic rings. The van der Waals surface area contributed by atoms with E-state index in [1.54, 1.807) is 18.2 Å². The van der Waals surface area contributed by atoms with E-state index in [1.807, 2.05) is 6.07 Å². The first kappa shape index (κ1) is 14.8. The van der Waals surface area contributed by atoms with Crippen molar-refractivity contribution >= 4 is 23.2 Å². The summed E-state index contributed by atoms with van der Waals surface area (Å²) in [6.45, 7) is 1.93. The lowest BCUT2D eigenvalue weighted by atomic mass is 10.0. The van der Waals surface area contributed by atoms with E-state index in [0.717, 1.165) is 23.2 Å². The zero-order valence-electron chi connectivity index (χ0n) is 11.3. The van der Waals surface area contributed by atoms with Gasteiger partial charge in [0.05, 0.1) is 0 Å². The van der Waals surface area contributed by atoms with Gasteiger partial charge in [0.15, 0.2) is 0 Å². The van der Waals surface area contributed by atoms with Gasteiger partial charge < -0.3 is 5.73 Å². The van der Waals surface area contributed by atoms with Gasteiger partial charge in [-0.05, 0) is 41.0 Å². The maximum atomic E-state index is 13.0. The summed E-state index contributed by atoms with van der Waals surface area (Å²) in [5.41, 5.74) is 9.15. The van der Waals surface area contributed by atoms with Crippen LogP contribution in [-0.4, -0.2) is 11.4 Å². The Kier molecular flexibility index (Phi) is 4.18. The van der Waals surface area contributed by atoms with Crippen molar-refractivity contribution in [3.63, 3.8) is 0 Å². The average Bonchev–Trinajstić information content (AvgIpc) is 2.78. The molecule has 1 heterocycles. The van der Waals surface area contributed by atoms with Crippen molar-refractivity contribution in [2.45, 2.75) is 19.1 Å². The zero-order chi connectivity index (χ0) is 15.0. The first-order chi connectivity index (χ1) is 10.1. The van der Waals surface area contributed by atoms with E-state index in [0.29, 0.717) is 23.1 Å². The van der Waals surface area contributed by atoms with Gasteiger partial charge in [0.1, 0.15) is 5.82 Å². The maximum Gasteiger partial charge on any atom is 0.123 e. The lowest BCUT2D eigenvalue weighted by molar-refractivity contribution is 0.211. The highest BCUT2D eigenvalue weighted by Crippen LogP contribution is 2.40. The molecule has 0 saturated carbocycles. The molecule has 5 heteroatoms. The van der Waals surface area contributed by atoms with Gasteiger partial charge in [-0.3, -0.25) is 4.90 Å². The van der Waals surface area contributed by atoms with Gasteiger partial charge in [-0.2, -0.15) is 0 Å². The molecule has 2 nitrogen and oxygen atoms in total. The van der Waals surface area contributed by atoms with Gasteiger partial charge in [-0.25, -0.2) is 4.39 Å². The topological polar surface area (TPSA) is 29.3 Å². The molecular formula is C16H15Cl2FN2. The molecule has 0 aromatic heterocycles. The van der Waals surface area contributed by atoms with E-state index < -0.39 is 0 Å². The van der Waals surface area contributed by atoms with E-state index in [-0.39, 0.29) is 11.9 Å². The molecule has 3 rings (SSSR count). The summed E-state index contributed by atoms with van der Waals surface area (Å²) >= 11 is 12.4. The summed E-state index contributed by atoms with van der Waals surface area (Å²) < 4.78 is 13.0. The van der Waals surface area contributed by atoms with Gasteiger partial charge >= 0.3 is 0 Å². The number of fused-ring (bicyclic) bond motifs is 1. The van der Waals surface area contributed by atoms with Gasteiger partial charge in [0.25, 0.3) is 0 Å². The van der Waals surface area contributed by atoms with Crippen molar-refractivity contribution in [2.75, 3.05) is 6.54 Å². The van der Waals surface area contributed by atoms with Crippen LogP contribution in [0.2, 0.25) is 10.0 Å². The van der Waals surface area contributed by atoms with E-state index in [4.69, 9.17) is 28.9 Å². The monoisotopic (exact) mass is 324 g/mol. The van der Waals surface area contributed by atoms with Gasteiger partial charge in [-0.1, -0.05) is 35.3 Å². The highest BCUT2D eigenvalue weighted by Gasteiger charge is 2.31. The predicted octanol–water partition coefficient (Wildman–Crippen LogP) is 4.15. The second kappa shape index (κ2) is 5.93. The summed E-state index contributed by atoms with van der Waals surface area (Å²) in [4.78, 5) is 2.24. The molecule has 0 spiro atoms. The molecule has 110 valence electrons. The zero-order valence-corrected chi connectivity index (χ0v) is 12.8. The highest BCUT2D eigenvalue weighted by molar-refractivity contribution is 6.35. The Labute approximate surface area is 133 Å². The fourth-order valence-corrected chi connectivity index (χ4v) is 3.57. The van der Waals surface area contributed by atoms with Crippen LogP contribution >= 0.6 is 23.2 Å². The molecule has 0 saturated heterocycles. The van der Waals surface area contributed by atoms with Gasteiger partial charge in [0.2, 0.25) is 0 Å². The minimum absolute atomic E-state index is 0.0646. The number of rotatable bonds is 3. The van der Waals surface area contributed by atoms with E-state index >= 15 is 0 Å². The van der Waals surface area contributed by atoms with Crippen LogP contribution < -0.4 is 5.73 Å². The Balaban J connectivity index is 1.88. The largest absolute Gasteiger partial charge is 0.329 e. The predicted molar refractivity (Wildman–Crippen MR) is 83.9 cm³/mol. The highest BCUT2D eigenvalue weighted by atomic mass is 35.5. The molecule has 21 heavy (non-hydrogen) atoms. The number of nitrogens with two attached hydrogens (primary N) is 1. The van der Waals surface area contributed by atoms with Crippen LogP contribution in [0.1, 0.15) is 22.7 Å². The van der Waals surface area contributed by atoms with Crippen LogP contribution in [0.15, 0.2) is 36.4 Å². The van der Waals surface area contributed by atoms with Gasteiger partial charge in [-0.15, -0.1) is 0 Å². The smallest absolute Gasteiger partial charge is 0.123 e. The van der Waals surface area contributed by atoms with Crippen LogP contribution in [0.5, 0.6) is 0 Å². The Hall–Kier alpha value is -1.13. The fourth-order valence-electron chi connectivity index (χ4n) is 2.91. The molecule has 2 aromatic rings. The van der Waals surface area contributed by atoms with E-state index in [2.05, 4.69) is 4.90 Å². The summed E-state index contributed by atoms with van der Waals surface area (Å²) in [6, 6.07) is 10.3. The summed E-state index contributed by atoms with van der Waals surface area (Å²) in [5.74, 6) is -0.228. The SMILES string of the molecule is NCC1c2c(Cl)cc(Cl)cc2CN1Cc1ccc(F)cc1. The van der Waals surface area contributed by atoms with Crippen molar-refractivity contribution in [1.82, 2.24) is 4.90 Å². The van der Waals surface area contributed by atoms with Crippen LogP contribution in [0.3, 0.4) is 0 Å². The van der Waals surface area contributed by atoms with Gasteiger partial charge in [0, 0.05) is 35.7 Å². The molecule has 0 amide bonds. The summed E-state index contributed by atoms with van der Waals surface area (Å²) in [7, 11) is 0. The van der Waals surface area contributed by atoms with E-state index in [1.165, 1.54) is 12.1 Å². The van der Waals surface area contributed by atoms with Crippen LogP contribution in [0.25, 0.3) is 0 Å². The van der Waals surface area contributed by atoms with E-state index in [9.17, 15) is 4.39 Å². The number of nitrogens with zero attached hydrogens (tertiary/aromatic N) is 1. The number of hydrogen-bond acceptors (Lipinski definition) is 2. The third-order valence-electron chi connectivity index (χ3n) is 3.85. The minimum Gasteiger partial charge on any atom is -0.329 e. The normalized spacial score (nSPS) is 18.0. The molecule has 0 radical (unpaired) electrons. The van der Waals surface area contributed by atoms with Crippen LogP contribution in [-0.2, 0) is 13.1 Å². The van der Waals surface area contributed by atoms with Crippen molar-refractivity contribution in [1.29, 1.82) is 0 Å². The second-order valence-electron chi connectivity index (χ2n) is 5.24. The maximum absolute atomic E-state index is 13.0. The second-order valence-corrected chi connectivity index (χ2v) is 6.09. The minimum atomic E-state index is -0.228. The molecule has 0 fully saturated rings. The Bertz CT molecular complexity index is 658. The third kappa shape index (κ3) is 2.92. The fraction of sp³-hybridized carbons (Fsp3) is 0.250. The average molecular weight is 325 g/mol. The first-order valence-electron chi connectivity index (χ1n) is 6.75. The molecule has 1 atom stereocenters. The lowest BCUT2D eigenvalue weighted by Gasteiger charge is -2.24. The standard InChI is InChI=1S/C16H15Cl2FN2/c17-12-5-11-9-21(8-10-1-3-13(19)4-2-10)15(7-20)16(11)14(18)6-12/h1-6,15H,7-9,20H2.